The van der Waals surface area contributed by atoms with Gasteiger partial charge in [0.2, 0.25) is 0 Å². The van der Waals surface area contributed by atoms with Crippen LogP contribution in [0.1, 0.15) is 26.7 Å². The molecule has 5 nitrogen and oxygen atoms in total. The van der Waals surface area contributed by atoms with Crippen molar-refractivity contribution in [2.45, 2.75) is 44.5 Å². The van der Waals surface area contributed by atoms with E-state index in [4.69, 9.17) is 4.74 Å². The first kappa shape index (κ1) is 17.2. The number of rotatable bonds is 4. The van der Waals surface area contributed by atoms with Crippen LogP contribution in [-0.4, -0.2) is 38.8 Å². The molecule has 118 valence electrons. The van der Waals surface area contributed by atoms with E-state index in [1.807, 2.05) is 0 Å². The Kier molecular flexibility index (Phi) is 4.69. The van der Waals surface area contributed by atoms with E-state index in [0.29, 0.717) is 0 Å². The first-order valence-electron chi connectivity index (χ1n) is 5.74. The molecule has 3 atom stereocenters. The van der Waals surface area contributed by atoms with Gasteiger partial charge in [-0.05, 0) is 26.7 Å². The smallest absolute Gasteiger partial charge is 0.466 e. The van der Waals surface area contributed by atoms with Crippen molar-refractivity contribution in [3.63, 3.8) is 0 Å². The standard InChI is InChI=1S/C10H14F4O5S/c1-3-18-8(15)9(2)4-6(11)7(5-9)19-20(16,17)10(12,13)14/h6-7H,3-5H2,1-2H3/t6-,7-,9-/m0/s1. The number of hydrogen-bond acceptors (Lipinski definition) is 5. The Morgan fingerprint density at radius 2 is 1.90 bits per heavy atom. The third-order valence-electron chi connectivity index (χ3n) is 3.00. The van der Waals surface area contributed by atoms with Gasteiger partial charge in [-0.3, -0.25) is 8.98 Å². The summed E-state index contributed by atoms with van der Waals surface area (Å²) in [6.45, 7) is 2.84. The van der Waals surface area contributed by atoms with Gasteiger partial charge in [0.05, 0.1) is 12.0 Å². The largest absolute Gasteiger partial charge is 0.523 e. The van der Waals surface area contributed by atoms with Gasteiger partial charge in [-0.1, -0.05) is 0 Å². The highest BCUT2D eigenvalue weighted by molar-refractivity contribution is 7.87. The lowest BCUT2D eigenvalue weighted by Crippen LogP contribution is -2.33. The van der Waals surface area contributed by atoms with E-state index >= 15 is 0 Å². The van der Waals surface area contributed by atoms with Crippen molar-refractivity contribution in [2.24, 2.45) is 5.41 Å². The van der Waals surface area contributed by atoms with Crippen LogP contribution in [0.3, 0.4) is 0 Å². The van der Waals surface area contributed by atoms with E-state index in [0.717, 1.165) is 0 Å². The molecule has 1 saturated carbocycles. The van der Waals surface area contributed by atoms with Gasteiger partial charge in [0.1, 0.15) is 12.3 Å². The predicted octanol–water partition coefficient (Wildman–Crippen LogP) is 1.92. The van der Waals surface area contributed by atoms with Crippen molar-refractivity contribution in [1.29, 1.82) is 0 Å². The van der Waals surface area contributed by atoms with Gasteiger partial charge in [0.25, 0.3) is 0 Å². The highest BCUT2D eigenvalue weighted by atomic mass is 32.2. The molecule has 0 heterocycles. The zero-order valence-corrected chi connectivity index (χ0v) is 11.6. The zero-order valence-electron chi connectivity index (χ0n) is 10.7. The molecule has 0 amide bonds. The van der Waals surface area contributed by atoms with Gasteiger partial charge < -0.3 is 4.74 Å². The quantitative estimate of drug-likeness (QED) is 0.342. The fourth-order valence-electron chi connectivity index (χ4n) is 2.00. The normalized spacial score (nSPS) is 31.3. The zero-order chi connectivity index (χ0) is 15.8. The van der Waals surface area contributed by atoms with Crippen molar-refractivity contribution < 1.29 is 39.7 Å². The molecular formula is C10H14F4O5S. The summed E-state index contributed by atoms with van der Waals surface area (Å²) in [5, 5.41) is 0. The summed E-state index contributed by atoms with van der Waals surface area (Å²) in [6.07, 6.45) is -4.80. The van der Waals surface area contributed by atoms with E-state index in [2.05, 4.69) is 4.18 Å². The van der Waals surface area contributed by atoms with Crippen molar-refractivity contribution in [1.82, 2.24) is 0 Å². The Balaban J connectivity index is 2.84. The summed E-state index contributed by atoms with van der Waals surface area (Å²) in [5.74, 6) is -0.793. The monoisotopic (exact) mass is 322 g/mol. The second kappa shape index (κ2) is 5.47. The van der Waals surface area contributed by atoms with Crippen molar-refractivity contribution in [3.05, 3.63) is 0 Å². The van der Waals surface area contributed by atoms with Gasteiger partial charge in [0.15, 0.2) is 0 Å². The topological polar surface area (TPSA) is 69.7 Å². The maximum Gasteiger partial charge on any atom is 0.523 e. The number of carbonyl (C=O) groups is 1. The molecule has 0 aromatic carbocycles. The second-order valence-electron chi connectivity index (χ2n) is 4.74. The first-order valence-corrected chi connectivity index (χ1v) is 7.14. The minimum atomic E-state index is -5.89. The summed E-state index contributed by atoms with van der Waals surface area (Å²) < 4.78 is 80.3. The molecule has 10 heteroatoms. The van der Waals surface area contributed by atoms with Crippen LogP contribution in [0.5, 0.6) is 0 Å². The highest BCUT2D eigenvalue weighted by Crippen LogP contribution is 2.43. The number of ether oxygens (including phenoxy) is 1. The molecule has 0 aromatic rings. The lowest BCUT2D eigenvalue weighted by Gasteiger charge is -2.21. The molecule has 1 aliphatic carbocycles. The average Bonchev–Trinajstić information content (AvgIpc) is 2.53. The van der Waals surface area contributed by atoms with Gasteiger partial charge in [-0.2, -0.15) is 21.6 Å². The SMILES string of the molecule is CCOC(=O)[C@]1(C)C[C@H](OS(=O)(=O)C(F)(F)F)[C@@H](F)C1. The Bertz CT molecular complexity index is 475. The number of alkyl halides is 4. The average molecular weight is 322 g/mol. The lowest BCUT2D eigenvalue weighted by molar-refractivity contribution is -0.154. The molecule has 20 heavy (non-hydrogen) atoms. The molecule has 0 aromatic heterocycles. The molecule has 0 unspecified atom stereocenters. The minimum Gasteiger partial charge on any atom is -0.466 e. The van der Waals surface area contributed by atoms with Crippen LogP contribution in [-0.2, 0) is 23.8 Å². The van der Waals surface area contributed by atoms with Crippen LogP contribution in [0.15, 0.2) is 0 Å². The summed E-state index contributed by atoms with van der Waals surface area (Å²) >= 11 is 0. The summed E-state index contributed by atoms with van der Waals surface area (Å²) in [7, 11) is -5.89. The maximum absolute atomic E-state index is 13.6. The maximum atomic E-state index is 13.6. The fraction of sp³-hybridized carbons (Fsp3) is 0.900. The van der Waals surface area contributed by atoms with Crippen molar-refractivity contribution in [2.75, 3.05) is 6.61 Å². The van der Waals surface area contributed by atoms with Crippen LogP contribution in [0.4, 0.5) is 17.6 Å². The first-order chi connectivity index (χ1) is 8.93. The van der Waals surface area contributed by atoms with Gasteiger partial charge in [-0.25, -0.2) is 4.39 Å². The Labute approximate surface area is 113 Å². The molecule has 1 fully saturated rings. The second-order valence-corrected chi connectivity index (χ2v) is 6.30. The minimum absolute atomic E-state index is 0.0255. The van der Waals surface area contributed by atoms with Crippen LogP contribution >= 0.6 is 0 Å². The van der Waals surface area contributed by atoms with Crippen LogP contribution in [0, 0.1) is 5.41 Å². The molecule has 0 saturated heterocycles. The van der Waals surface area contributed by atoms with Crippen molar-refractivity contribution >= 4 is 16.1 Å². The van der Waals surface area contributed by atoms with Crippen molar-refractivity contribution in [3.8, 4) is 0 Å². The lowest BCUT2D eigenvalue weighted by atomic mass is 9.89. The van der Waals surface area contributed by atoms with E-state index < -0.39 is 52.1 Å². The van der Waals surface area contributed by atoms with Crippen LogP contribution in [0.2, 0.25) is 0 Å². The van der Waals surface area contributed by atoms with E-state index in [9.17, 15) is 30.8 Å². The number of halogens is 4. The number of hydrogen-bond donors (Lipinski definition) is 0. The molecule has 0 N–H and O–H groups in total. The molecular weight excluding hydrogens is 308 g/mol. The third-order valence-corrected chi connectivity index (χ3v) is 4.07. The van der Waals surface area contributed by atoms with Crippen LogP contribution < -0.4 is 0 Å². The summed E-state index contributed by atoms with van der Waals surface area (Å²) in [4.78, 5) is 11.6. The Morgan fingerprint density at radius 3 is 2.35 bits per heavy atom. The third kappa shape index (κ3) is 3.40. The van der Waals surface area contributed by atoms with E-state index in [1.54, 1.807) is 0 Å². The van der Waals surface area contributed by atoms with Gasteiger partial charge in [0, 0.05) is 0 Å². The molecule has 0 radical (unpaired) electrons. The number of carbonyl (C=O) groups excluding carboxylic acids is 1. The predicted molar refractivity (Wildman–Crippen MR) is 58.7 cm³/mol. The highest BCUT2D eigenvalue weighted by Gasteiger charge is 2.55. The summed E-state index contributed by atoms with van der Waals surface area (Å²) in [5.41, 5.74) is -7.03. The molecule has 0 aliphatic heterocycles. The fourth-order valence-corrected chi connectivity index (χ4v) is 2.62. The molecule has 0 spiro atoms. The molecule has 0 bridgehead atoms. The Morgan fingerprint density at radius 1 is 1.35 bits per heavy atom. The van der Waals surface area contributed by atoms with Gasteiger partial charge >= 0.3 is 21.6 Å². The number of esters is 1. The molecule has 1 rings (SSSR count). The summed E-state index contributed by atoms with van der Waals surface area (Å²) in [6, 6.07) is 0. The van der Waals surface area contributed by atoms with E-state index in [-0.39, 0.29) is 6.61 Å². The Hall–Kier alpha value is -0.900. The van der Waals surface area contributed by atoms with Gasteiger partial charge in [-0.15, -0.1) is 0 Å². The van der Waals surface area contributed by atoms with Crippen LogP contribution in [0.25, 0.3) is 0 Å². The molecule has 1 aliphatic rings. The van der Waals surface area contributed by atoms with E-state index in [1.165, 1.54) is 13.8 Å².